The quantitative estimate of drug-likeness (QED) is 0.705. The Hall–Kier alpha value is -2.87. The van der Waals surface area contributed by atoms with Gasteiger partial charge in [0.25, 0.3) is 10.0 Å². The van der Waals surface area contributed by atoms with Gasteiger partial charge in [-0.15, -0.1) is 9.19 Å². The topological polar surface area (TPSA) is 83.3 Å². The molecule has 0 amide bonds. The third-order valence-electron chi connectivity index (χ3n) is 3.46. The van der Waals surface area contributed by atoms with Crippen LogP contribution in [0.25, 0.3) is 11.3 Å². The Kier molecular flexibility index (Phi) is 4.22. The number of para-hydroxylation sites is 1. The monoisotopic (exact) mass is 345 g/mol. The van der Waals surface area contributed by atoms with Crippen molar-refractivity contribution in [3.63, 3.8) is 0 Å². The first-order chi connectivity index (χ1) is 11.6. The highest BCUT2D eigenvalue weighted by molar-refractivity contribution is 7.89. The van der Waals surface area contributed by atoms with E-state index in [1.807, 2.05) is 12.1 Å². The van der Waals surface area contributed by atoms with Crippen LogP contribution >= 0.6 is 0 Å². The largest absolute Gasteiger partial charge is 0.497 e. The average molecular weight is 345 g/mol. The van der Waals surface area contributed by atoms with E-state index in [0.717, 1.165) is 4.09 Å². The number of nitrogens with zero attached hydrogens (tertiary/aromatic N) is 3. The molecule has 124 valence electrons. The smallest absolute Gasteiger partial charge is 0.284 e. The van der Waals surface area contributed by atoms with E-state index in [1.165, 1.54) is 32.5 Å². The van der Waals surface area contributed by atoms with Gasteiger partial charge in [0.05, 0.1) is 25.3 Å². The number of aromatic nitrogens is 3. The molecule has 2 aromatic carbocycles. The molecule has 0 N–H and O–H groups in total. The van der Waals surface area contributed by atoms with Crippen molar-refractivity contribution in [3.05, 3.63) is 54.7 Å². The van der Waals surface area contributed by atoms with Gasteiger partial charge in [0, 0.05) is 5.56 Å². The van der Waals surface area contributed by atoms with Crippen molar-refractivity contribution in [3.8, 4) is 22.8 Å². The number of benzene rings is 2. The van der Waals surface area contributed by atoms with Gasteiger partial charge in [-0.05, 0) is 36.4 Å². The summed E-state index contributed by atoms with van der Waals surface area (Å²) >= 11 is 0. The van der Waals surface area contributed by atoms with Crippen LogP contribution in [-0.4, -0.2) is 37.0 Å². The van der Waals surface area contributed by atoms with Gasteiger partial charge in [0.15, 0.2) is 0 Å². The molecule has 0 spiro atoms. The van der Waals surface area contributed by atoms with E-state index in [-0.39, 0.29) is 4.90 Å². The van der Waals surface area contributed by atoms with Crippen LogP contribution in [0.15, 0.2) is 59.6 Å². The average Bonchev–Trinajstić information content (AvgIpc) is 3.12. The van der Waals surface area contributed by atoms with Crippen LogP contribution < -0.4 is 9.47 Å². The standard InChI is InChI=1S/C16H15N3O4S/c1-22-12-7-9-13(10-8-12)24(20,21)19-11-15(17-18-19)14-5-3-4-6-16(14)23-2/h3-11H,1-2H3. The van der Waals surface area contributed by atoms with Crippen LogP contribution in [0.4, 0.5) is 0 Å². The fraction of sp³-hybridized carbons (Fsp3) is 0.125. The Labute approximate surface area is 139 Å². The summed E-state index contributed by atoms with van der Waals surface area (Å²) in [6.45, 7) is 0. The Morgan fingerprint density at radius 1 is 0.958 bits per heavy atom. The number of ether oxygens (including phenoxy) is 2. The van der Waals surface area contributed by atoms with Gasteiger partial charge in [0.2, 0.25) is 0 Å². The lowest BCUT2D eigenvalue weighted by molar-refractivity contribution is 0.414. The highest BCUT2D eigenvalue weighted by Crippen LogP contribution is 2.28. The molecule has 24 heavy (non-hydrogen) atoms. The van der Waals surface area contributed by atoms with Crippen LogP contribution in [0.5, 0.6) is 11.5 Å². The van der Waals surface area contributed by atoms with Crippen molar-refractivity contribution >= 4 is 10.0 Å². The van der Waals surface area contributed by atoms with E-state index in [0.29, 0.717) is 22.8 Å². The van der Waals surface area contributed by atoms with Gasteiger partial charge in [-0.25, -0.2) is 0 Å². The SMILES string of the molecule is COc1ccc(S(=O)(=O)n2cc(-c3ccccc3OC)nn2)cc1. The molecule has 0 bridgehead atoms. The predicted molar refractivity (Wildman–Crippen MR) is 87.6 cm³/mol. The Bertz CT molecular complexity index is 949. The molecule has 0 unspecified atom stereocenters. The molecule has 0 aliphatic heterocycles. The van der Waals surface area contributed by atoms with E-state index in [9.17, 15) is 8.42 Å². The van der Waals surface area contributed by atoms with Crippen molar-refractivity contribution in [1.82, 2.24) is 14.4 Å². The van der Waals surface area contributed by atoms with Crippen molar-refractivity contribution < 1.29 is 17.9 Å². The minimum absolute atomic E-state index is 0.0970. The summed E-state index contributed by atoms with van der Waals surface area (Å²) < 4.78 is 36.4. The lowest BCUT2D eigenvalue weighted by Gasteiger charge is -2.05. The zero-order valence-corrected chi connectivity index (χ0v) is 13.9. The van der Waals surface area contributed by atoms with E-state index in [2.05, 4.69) is 10.3 Å². The van der Waals surface area contributed by atoms with Gasteiger partial charge < -0.3 is 9.47 Å². The lowest BCUT2D eigenvalue weighted by Crippen LogP contribution is -2.13. The lowest BCUT2D eigenvalue weighted by atomic mass is 10.1. The first-order valence-electron chi connectivity index (χ1n) is 7.01. The molecule has 0 aliphatic rings. The van der Waals surface area contributed by atoms with E-state index < -0.39 is 10.0 Å². The highest BCUT2D eigenvalue weighted by atomic mass is 32.2. The molecule has 0 fully saturated rings. The van der Waals surface area contributed by atoms with Crippen LogP contribution in [0, 0.1) is 0 Å². The molecule has 0 radical (unpaired) electrons. The van der Waals surface area contributed by atoms with Gasteiger partial charge in [-0.3, -0.25) is 0 Å². The van der Waals surface area contributed by atoms with E-state index in [4.69, 9.17) is 9.47 Å². The Morgan fingerprint density at radius 2 is 1.67 bits per heavy atom. The fourth-order valence-corrected chi connectivity index (χ4v) is 3.27. The summed E-state index contributed by atoms with van der Waals surface area (Å²) in [5.41, 5.74) is 1.07. The molecular weight excluding hydrogens is 330 g/mol. The zero-order valence-electron chi connectivity index (χ0n) is 13.1. The van der Waals surface area contributed by atoms with Gasteiger partial charge >= 0.3 is 0 Å². The minimum atomic E-state index is -3.82. The number of rotatable bonds is 5. The predicted octanol–water partition coefficient (Wildman–Crippen LogP) is 2.20. The van der Waals surface area contributed by atoms with Gasteiger partial charge in [-0.1, -0.05) is 17.3 Å². The third kappa shape index (κ3) is 2.83. The molecule has 3 rings (SSSR count). The van der Waals surface area contributed by atoms with Crippen LogP contribution in [0.3, 0.4) is 0 Å². The molecule has 1 heterocycles. The summed E-state index contributed by atoms with van der Waals surface area (Å²) in [6, 6.07) is 13.3. The summed E-state index contributed by atoms with van der Waals surface area (Å²) in [5.74, 6) is 1.16. The molecule has 8 heteroatoms. The Balaban J connectivity index is 2.00. The maximum absolute atomic E-state index is 12.6. The second-order valence-corrected chi connectivity index (χ2v) is 6.65. The number of hydrogen-bond donors (Lipinski definition) is 0. The maximum Gasteiger partial charge on any atom is 0.284 e. The molecule has 0 aliphatic carbocycles. The number of hydrogen-bond acceptors (Lipinski definition) is 6. The molecule has 0 atom stereocenters. The van der Waals surface area contributed by atoms with E-state index >= 15 is 0 Å². The molecule has 7 nitrogen and oxygen atoms in total. The summed E-state index contributed by atoms with van der Waals surface area (Å²) in [5, 5.41) is 7.70. The highest BCUT2D eigenvalue weighted by Gasteiger charge is 2.20. The van der Waals surface area contributed by atoms with Crippen molar-refractivity contribution in [1.29, 1.82) is 0 Å². The zero-order chi connectivity index (χ0) is 17.2. The third-order valence-corrected chi connectivity index (χ3v) is 5.00. The molecule has 3 aromatic rings. The summed E-state index contributed by atoms with van der Waals surface area (Å²) in [7, 11) is -0.771. The first-order valence-corrected chi connectivity index (χ1v) is 8.45. The maximum atomic E-state index is 12.6. The van der Waals surface area contributed by atoms with Crippen LogP contribution in [0.1, 0.15) is 0 Å². The van der Waals surface area contributed by atoms with Crippen molar-refractivity contribution in [2.45, 2.75) is 4.90 Å². The molecule has 1 aromatic heterocycles. The molecule has 0 saturated heterocycles. The molecule has 0 saturated carbocycles. The minimum Gasteiger partial charge on any atom is -0.497 e. The van der Waals surface area contributed by atoms with Crippen molar-refractivity contribution in [2.75, 3.05) is 14.2 Å². The van der Waals surface area contributed by atoms with Gasteiger partial charge in [0.1, 0.15) is 17.2 Å². The molecular formula is C16H15N3O4S. The van der Waals surface area contributed by atoms with Crippen molar-refractivity contribution in [2.24, 2.45) is 0 Å². The number of methoxy groups -OCH3 is 2. The Morgan fingerprint density at radius 3 is 2.33 bits per heavy atom. The van der Waals surface area contributed by atoms with E-state index in [1.54, 1.807) is 24.3 Å². The summed E-state index contributed by atoms with van der Waals surface area (Å²) in [4.78, 5) is 0.0970. The van der Waals surface area contributed by atoms with Gasteiger partial charge in [-0.2, -0.15) is 8.42 Å². The van der Waals surface area contributed by atoms with Crippen LogP contribution in [0.2, 0.25) is 0 Å². The summed E-state index contributed by atoms with van der Waals surface area (Å²) in [6.07, 6.45) is 1.36. The second-order valence-electron chi connectivity index (χ2n) is 4.86. The van der Waals surface area contributed by atoms with Crippen LogP contribution in [-0.2, 0) is 10.0 Å². The second kappa shape index (κ2) is 6.32. The first kappa shape index (κ1) is 16.0. The normalized spacial score (nSPS) is 11.2. The fourth-order valence-electron chi connectivity index (χ4n) is 2.20.